The average molecular weight is 227 g/mol. The van der Waals surface area contributed by atoms with E-state index in [0.717, 1.165) is 5.56 Å². The molecule has 1 fully saturated rings. The lowest BCUT2D eigenvalue weighted by Gasteiger charge is -2.23. The van der Waals surface area contributed by atoms with Gasteiger partial charge in [-0.2, -0.15) is 0 Å². The molecule has 0 aliphatic carbocycles. The van der Waals surface area contributed by atoms with E-state index in [0.29, 0.717) is 12.5 Å². The first-order valence-electron chi connectivity index (χ1n) is 5.09. The van der Waals surface area contributed by atoms with Gasteiger partial charge in [-0.1, -0.05) is 29.8 Å². The molecule has 82 valence electrons. The summed E-state index contributed by atoms with van der Waals surface area (Å²) in [6.45, 7) is 4.56. The van der Waals surface area contributed by atoms with Crippen LogP contribution in [0.15, 0.2) is 24.3 Å². The Morgan fingerprint density at radius 1 is 1.40 bits per heavy atom. The predicted molar refractivity (Wildman–Crippen MR) is 60.1 cm³/mol. The lowest BCUT2D eigenvalue weighted by molar-refractivity contribution is -0.159. The van der Waals surface area contributed by atoms with Crippen LogP contribution in [-0.2, 0) is 15.3 Å². The highest BCUT2D eigenvalue weighted by atomic mass is 35.5. The van der Waals surface area contributed by atoms with E-state index in [1.807, 2.05) is 19.1 Å². The second kappa shape index (κ2) is 4.12. The molecule has 2 nitrogen and oxygen atoms in total. The highest BCUT2D eigenvalue weighted by Gasteiger charge is 2.38. The summed E-state index contributed by atoms with van der Waals surface area (Å²) in [6.07, 6.45) is -0.00188. The van der Waals surface area contributed by atoms with Crippen LogP contribution in [0, 0.1) is 6.92 Å². The Kier molecular flexibility index (Phi) is 3.01. The Balaban J connectivity index is 2.20. The minimum Gasteiger partial charge on any atom is -0.343 e. The Morgan fingerprint density at radius 2 is 2.07 bits per heavy atom. The third-order valence-corrected chi connectivity index (χ3v) is 3.03. The zero-order valence-electron chi connectivity index (χ0n) is 9.00. The van der Waals surface area contributed by atoms with Crippen LogP contribution >= 0.6 is 11.6 Å². The summed E-state index contributed by atoms with van der Waals surface area (Å²) in [4.78, 5) is 0. The molecule has 2 atom stereocenters. The molecule has 0 bridgehead atoms. The Labute approximate surface area is 95.1 Å². The van der Waals surface area contributed by atoms with E-state index < -0.39 is 5.79 Å². The van der Waals surface area contributed by atoms with Gasteiger partial charge in [-0.15, -0.1) is 11.6 Å². The molecule has 2 rings (SSSR count). The monoisotopic (exact) mass is 226 g/mol. The van der Waals surface area contributed by atoms with Crippen LogP contribution in [-0.4, -0.2) is 18.6 Å². The van der Waals surface area contributed by atoms with Crippen LogP contribution in [0.25, 0.3) is 0 Å². The first-order valence-corrected chi connectivity index (χ1v) is 5.62. The molecule has 0 aromatic heterocycles. The summed E-state index contributed by atoms with van der Waals surface area (Å²) >= 11 is 5.74. The zero-order valence-corrected chi connectivity index (χ0v) is 9.75. The molecule has 1 saturated heterocycles. The average Bonchev–Trinajstić information content (AvgIpc) is 2.62. The molecule has 0 N–H and O–H groups in total. The maximum absolute atomic E-state index is 5.77. The Hall–Kier alpha value is -0.570. The summed E-state index contributed by atoms with van der Waals surface area (Å²) in [5.74, 6) is -0.158. The van der Waals surface area contributed by atoms with Gasteiger partial charge < -0.3 is 9.47 Å². The molecule has 1 aromatic rings. The molecule has 1 aromatic carbocycles. The molecule has 0 radical (unpaired) electrons. The minimum absolute atomic E-state index is 0.00188. The lowest BCUT2D eigenvalue weighted by atomic mass is 10.1. The van der Waals surface area contributed by atoms with Crippen molar-refractivity contribution in [2.75, 3.05) is 12.5 Å². The van der Waals surface area contributed by atoms with Crippen molar-refractivity contribution in [3.8, 4) is 0 Å². The Morgan fingerprint density at radius 3 is 2.60 bits per heavy atom. The summed E-state index contributed by atoms with van der Waals surface area (Å²) in [7, 11) is 0. The predicted octanol–water partition coefficient (Wildman–Crippen LogP) is 2.82. The van der Waals surface area contributed by atoms with Gasteiger partial charge in [0.2, 0.25) is 0 Å². The van der Waals surface area contributed by atoms with Crippen LogP contribution in [0.2, 0.25) is 0 Å². The summed E-state index contributed by atoms with van der Waals surface area (Å²) in [5.41, 5.74) is 2.27. The fraction of sp³-hybridized carbons (Fsp3) is 0.500. The van der Waals surface area contributed by atoms with E-state index in [9.17, 15) is 0 Å². The SMILES string of the molecule is Cc1ccc(C2(C)OCC(CCl)O2)cc1. The van der Waals surface area contributed by atoms with Gasteiger partial charge in [0.1, 0.15) is 0 Å². The van der Waals surface area contributed by atoms with Crippen LogP contribution < -0.4 is 0 Å². The third-order valence-electron chi connectivity index (χ3n) is 2.68. The molecule has 15 heavy (non-hydrogen) atoms. The highest BCUT2D eigenvalue weighted by Crippen LogP contribution is 2.34. The fourth-order valence-electron chi connectivity index (χ4n) is 1.72. The first kappa shape index (κ1) is 10.9. The van der Waals surface area contributed by atoms with Crippen molar-refractivity contribution >= 4 is 11.6 Å². The van der Waals surface area contributed by atoms with Crippen LogP contribution in [0.3, 0.4) is 0 Å². The first-order chi connectivity index (χ1) is 7.14. The van der Waals surface area contributed by atoms with Gasteiger partial charge in [0.05, 0.1) is 18.6 Å². The normalized spacial score (nSPS) is 30.7. The molecular formula is C12H15ClO2. The van der Waals surface area contributed by atoms with E-state index in [-0.39, 0.29) is 6.10 Å². The zero-order chi connectivity index (χ0) is 10.9. The molecule has 0 spiro atoms. The van der Waals surface area contributed by atoms with Gasteiger partial charge >= 0.3 is 0 Å². The van der Waals surface area contributed by atoms with Crippen molar-refractivity contribution in [1.29, 1.82) is 0 Å². The van der Waals surface area contributed by atoms with Crippen LogP contribution in [0.5, 0.6) is 0 Å². The minimum atomic E-state index is -0.632. The van der Waals surface area contributed by atoms with Gasteiger partial charge in [-0.05, 0) is 13.8 Å². The molecule has 3 heteroatoms. The second-order valence-electron chi connectivity index (χ2n) is 4.02. The van der Waals surface area contributed by atoms with E-state index >= 15 is 0 Å². The number of ether oxygens (including phenoxy) is 2. The van der Waals surface area contributed by atoms with Crippen molar-refractivity contribution in [3.05, 3.63) is 35.4 Å². The van der Waals surface area contributed by atoms with Crippen molar-refractivity contribution < 1.29 is 9.47 Å². The standard InChI is InChI=1S/C12H15ClO2/c1-9-3-5-10(6-4-9)12(2)14-8-11(7-13)15-12/h3-6,11H,7-8H2,1-2H3. The van der Waals surface area contributed by atoms with E-state index in [1.54, 1.807) is 0 Å². The Bertz CT molecular complexity index is 336. The molecule has 1 aliphatic heterocycles. The molecule has 1 heterocycles. The van der Waals surface area contributed by atoms with Crippen LogP contribution in [0.4, 0.5) is 0 Å². The molecule has 2 unspecified atom stereocenters. The van der Waals surface area contributed by atoms with Gasteiger partial charge in [0, 0.05) is 5.56 Å². The van der Waals surface area contributed by atoms with E-state index in [1.165, 1.54) is 5.56 Å². The number of halogens is 1. The van der Waals surface area contributed by atoms with Crippen molar-refractivity contribution in [3.63, 3.8) is 0 Å². The lowest BCUT2D eigenvalue weighted by Crippen LogP contribution is -2.24. The number of hydrogen-bond acceptors (Lipinski definition) is 2. The van der Waals surface area contributed by atoms with Crippen LogP contribution in [0.1, 0.15) is 18.1 Å². The fourth-order valence-corrected chi connectivity index (χ4v) is 1.87. The number of hydrogen-bond donors (Lipinski definition) is 0. The van der Waals surface area contributed by atoms with Crippen molar-refractivity contribution in [2.45, 2.75) is 25.7 Å². The largest absolute Gasteiger partial charge is 0.343 e. The van der Waals surface area contributed by atoms with Gasteiger partial charge in [0.25, 0.3) is 0 Å². The summed E-state index contributed by atoms with van der Waals surface area (Å²) in [5, 5.41) is 0. The molecular weight excluding hydrogens is 212 g/mol. The third kappa shape index (κ3) is 2.17. The van der Waals surface area contributed by atoms with Crippen molar-refractivity contribution in [2.24, 2.45) is 0 Å². The number of aryl methyl sites for hydroxylation is 1. The molecule has 0 amide bonds. The smallest absolute Gasteiger partial charge is 0.192 e. The topological polar surface area (TPSA) is 18.5 Å². The van der Waals surface area contributed by atoms with Gasteiger partial charge in [-0.3, -0.25) is 0 Å². The number of benzene rings is 1. The van der Waals surface area contributed by atoms with Crippen molar-refractivity contribution in [1.82, 2.24) is 0 Å². The van der Waals surface area contributed by atoms with Gasteiger partial charge in [-0.25, -0.2) is 0 Å². The molecule has 0 saturated carbocycles. The number of rotatable bonds is 2. The summed E-state index contributed by atoms with van der Waals surface area (Å²) in [6, 6.07) is 8.18. The van der Waals surface area contributed by atoms with Gasteiger partial charge in [0.15, 0.2) is 5.79 Å². The molecule has 1 aliphatic rings. The maximum Gasteiger partial charge on any atom is 0.192 e. The van der Waals surface area contributed by atoms with E-state index in [4.69, 9.17) is 21.1 Å². The quantitative estimate of drug-likeness (QED) is 0.722. The van der Waals surface area contributed by atoms with E-state index in [2.05, 4.69) is 19.1 Å². The highest BCUT2D eigenvalue weighted by molar-refractivity contribution is 6.18. The number of alkyl halides is 1. The summed E-state index contributed by atoms with van der Waals surface area (Å²) < 4.78 is 11.4. The maximum atomic E-state index is 5.77. The second-order valence-corrected chi connectivity index (χ2v) is 4.33.